The number of hydrogen-bond donors (Lipinski definition) is 1. The van der Waals surface area contributed by atoms with Crippen LogP contribution in [-0.2, 0) is 0 Å². The van der Waals surface area contributed by atoms with Crippen LogP contribution in [0.5, 0.6) is 0 Å². The van der Waals surface area contributed by atoms with Crippen molar-refractivity contribution in [3.8, 4) is 0 Å². The van der Waals surface area contributed by atoms with Gasteiger partial charge in [-0.3, -0.25) is 9.69 Å². The first-order chi connectivity index (χ1) is 11.7. The van der Waals surface area contributed by atoms with Gasteiger partial charge in [-0.05, 0) is 50.4 Å². The summed E-state index contributed by atoms with van der Waals surface area (Å²) in [6.45, 7) is 4.04. The molecule has 1 aromatic carbocycles. The first-order valence-electron chi connectivity index (χ1n) is 8.48. The van der Waals surface area contributed by atoms with Crippen LogP contribution in [0.1, 0.15) is 42.2 Å². The number of benzene rings is 1. The summed E-state index contributed by atoms with van der Waals surface area (Å²) in [4.78, 5) is 22.3. The van der Waals surface area contributed by atoms with Gasteiger partial charge in [0.05, 0.1) is 6.20 Å². The Hall–Kier alpha value is -2.40. The molecule has 2 aromatic heterocycles. The molecule has 4 rings (SSSR count). The lowest BCUT2D eigenvalue weighted by atomic mass is 9.91. The lowest BCUT2D eigenvalue weighted by Crippen LogP contribution is -2.38. The monoisotopic (exact) mass is 323 g/mol. The topological polar surface area (TPSA) is 62.1 Å². The summed E-state index contributed by atoms with van der Waals surface area (Å²) in [5, 5.41) is 1.24. The van der Waals surface area contributed by atoms with Crippen molar-refractivity contribution in [2.45, 2.75) is 25.8 Å². The van der Waals surface area contributed by atoms with E-state index in [0.29, 0.717) is 6.04 Å². The summed E-state index contributed by atoms with van der Waals surface area (Å²) in [7, 11) is 0. The summed E-state index contributed by atoms with van der Waals surface area (Å²) < 4.78 is 5.15. The van der Waals surface area contributed by atoms with E-state index in [-0.39, 0.29) is 17.6 Å². The number of fused-ring (bicyclic) bond motifs is 1. The van der Waals surface area contributed by atoms with Crippen LogP contribution in [-0.4, -0.2) is 33.7 Å². The molecule has 1 saturated heterocycles. The fourth-order valence-electron chi connectivity index (χ4n) is 3.59. The molecule has 5 heteroatoms. The molecule has 1 fully saturated rings. The van der Waals surface area contributed by atoms with E-state index in [0.717, 1.165) is 25.9 Å². The number of para-hydroxylation sites is 1. The van der Waals surface area contributed by atoms with Crippen LogP contribution in [0.4, 0.5) is 0 Å². The number of nitrogens with zero attached hydrogens (tertiary/aromatic N) is 2. The maximum atomic E-state index is 12.3. The highest BCUT2D eigenvalue weighted by Gasteiger charge is 2.30. The molecular weight excluding hydrogens is 302 g/mol. The minimum atomic E-state index is 0.0230. The number of oxazole rings is 1. The van der Waals surface area contributed by atoms with E-state index in [4.69, 9.17) is 4.42 Å². The predicted octanol–water partition coefficient (Wildman–Crippen LogP) is 3.81. The highest BCUT2D eigenvalue weighted by molar-refractivity contribution is 5.93. The molecule has 1 N–H and O–H groups in total. The standard InChI is InChI=1S/C19H21N3O2/c1-13(17-12-15-4-2-3-5-16(15)21-17)22-9-6-14(7-10-22)18(23)19-20-8-11-24-19/h2-5,8,11-14,21H,6-7,9-10H2,1H3. The third-order valence-corrected chi connectivity index (χ3v) is 5.09. The van der Waals surface area contributed by atoms with Gasteiger partial charge in [0, 0.05) is 23.2 Å². The van der Waals surface area contributed by atoms with Gasteiger partial charge >= 0.3 is 0 Å². The number of H-pyrrole nitrogens is 1. The largest absolute Gasteiger partial charge is 0.442 e. The Labute approximate surface area is 140 Å². The van der Waals surface area contributed by atoms with Crippen molar-refractivity contribution in [3.63, 3.8) is 0 Å². The maximum Gasteiger partial charge on any atom is 0.263 e. The number of nitrogens with one attached hydrogen (secondary N) is 1. The summed E-state index contributed by atoms with van der Waals surface area (Å²) >= 11 is 0. The second-order valence-corrected chi connectivity index (χ2v) is 6.50. The van der Waals surface area contributed by atoms with E-state index in [1.54, 1.807) is 0 Å². The minimum absolute atomic E-state index is 0.0230. The van der Waals surface area contributed by atoms with Gasteiger partial charge in [-0.25, -0.2) is 4.98 Å². The van der Waals surface area contributed by atoms with Crippen molar-refractivity contribution in [2.75, 3.05) is 13.1 Å². The number of likely N-dealkylation sites (tertiary alicyclic amines) is 1. The fourth-order valence-corrected chi connectivity index (χ4v) is 3.59. The zero-order valence-electron chi connectivity index (χ0n) is 13.7. The number of rotatable bonds is 4. The van der Waals surface area contributed by atoms with E-state index in [2.05, 4.69) is 46.1 Å². The van der Waals surface area contributed by atoms with Gasteiger partial charge in [0.15, 0.2) is 0 Å². The molecule has 3 aromatic rings. The SMILES string of the molecule is CC(c1cc2ccccc2[nH]1)N1CCC(C(=O)c2ncco2)CC1. The van der Waals surface area contributed by atoms with Gasteiger partial charge in [-0.1, -0.05) is 18.2 Å². The number of carbonyl (C=O) groups excluding carboxylic acids is 1. The third-order valence-electron chi connectivity index (χ3n) is 5.09. The number of Topliss-reactive ketones (excluding diaryl/α,β-unsaturated/α-hetero) is 1. The molecule has 1 aliphatic heterocycles. The molecule has 1 atom stereocenters. The number of hydrogen-bond acceptors (Lipinski definition) is 4. The van der Waals surface area contributed by atoms with Crippen LogP contribution in [0.2, 0.25) is 0 Å². The number of carbonyl (C=O) groups is 1. The quantitative estimate of drug-likeness (QED) is 0.742. The van der Waals surface area contributed by atoms with Crippen LogP contribution >= 0.6 is 0 Å². The van der Waals surface area contributed by atoms with E-state index in [1.165, 1.54) is 29.1 Å². The Bertz CT molecular complexity index is 796. The summed E-state index contributed by atoms with van der Waals surface area (Å²) in [5.41, 5.74) is 2.40. The van der Waals surface area contributed by atoms with E-state index >= 15 is 0 Å². The number of aromatic amines is 1. The molecule has 5 nitrogen and oxygen atoms in total. The highest BCUT2D eigenvalue weighted by Crippen LogP contribution is 2.29. The van der Waals surface area contributed by atoms with E-state index in [1.807, 2.05) is 6.07 Å². The third kappa shape index (κ3) is 2.76. The second kappa shape index (κ2) is 6.24. The van der Waals surface area contributed by atoms with E-state index in [9.17, 15) is 4.79 Å². The van der Waals surface area contributed by atoms with Gasteiger partial charge in [-0.15, -0.1) is 0 Å². The maximum absolute atomic E-state index is 12.3. The predicted molar refractivity (Wildman–Crippen MR) is 91.8 cm³/mol. The first kappa shape index (κ1) is 15.1. The smallest absolute Gasteiger partial charge is 0.263 e. The van der Waals surface area contributed by atoms with Crippen LogP contribution in [0, 0.1) is 5.92 Å². The van der Waals surface area contributed by atoms with Crippen molar-refractivity contribution >= 4 is 16.7 Å². The molecule has 0 bridgehead atoms. The number of piperidine rings is 1. The molecule has 0 spiro atoms. The fraction of sp³-hybridized carbons (Fsp3) is 0.368. The van der Waals surface area contributed by atoms with Crippen LogP contribution < -0.4 is 0 Å². The molecule has 0 amide bonds. The molecular formula is C19H21N3O2. The van der Waals surface area contributed by atoms with Crippen molar-refractivity contribution in [2.24, 2.45) is 5.92 Å². The number of ketones is 1. The molecule has 0 saturated carbocycles. The Morgan fingerprint density at radius 3 is 2.83 bits per heavy atom. The van der Waals surface area contributed by atoms with Gasteiger partial charge in [0.1, 0.15) is 6.26 Å². The van der Waals surface area contributed by atoms with Gasteiger partial charge in [0.2, 0.25) is 5.78 Å². The Morgan fingerprint density at radius 1 is 1.33 bits per heavy atom. The van der Waals surface area contributed by atoms with Crippen LogP contribution in [0.15, 0.2) is 47.2 Å². The van der Waals surface area contributed by atoms with Crippen molar-refractivity contribution in [1.82, 2.24) is 14.9 Å². The summed E-state index contributed by atoms with van der Waals surface area (Å²) in [6.07, 6.45) is 4.69. The lowest BCUT2D eigenvalue weighted by Gasteiger charge is -2.34. The molecule has 3 heterocycles. The average molecular weight is 323 g/mol. The molecule has 1 unspecified atom stereocenters. The zero-order valence-corrected chi connectivity index (χ0v) is 13.7. The molecule has 0 aliphatic carbocycles. The average Bonchev–Trinajstić information content (AvgIpc) is 3.30. The molecule has 1 aliphatic rings. The Balaban J connectivity index is 1.42. The molecule has 24 heavy (non-hydrogen) atoms. The Morgan fingerprint density at radius 2 is 2.12 bits per heavy atom. The summed E-state index contributed by atoms with van der Waals surface area (Å²) in [5.74, 6) is 0.310. The first-order valence-corrected chi connectivity index (χ1v) is 8.48. The van der Waals surface area contributed by atoms with Crippen LogP contribution in [0.3, 0.4) is 0 Å². The van der Waals surface area contributed by atoms with Gasteiger partial charge in [0.25, 0.3) is 5.89 Å². The zero-order chi connectivity index (χ0) is 16.5. The van der Waals surface area contributed by atoms with Crippen molar-refractivity contribution in [1.29, 1.82) is 0 Å². The second-order valence-electron chi connectivity index (χ2n) is 6.50. The molecule has 124 valence electrons. The molecule has 0 radical (unpaired) electrons. The van der Waals surface area contributed by atoms with E-state index < -0.39 is 0 Å². The highest BCUT2D eigenvalue weighted by atomic mass is 16.3. The van der Waals surface area contributed by atoms with Gasteiger partial charge in [-0.2, -0.15) is 0 Å². The van der Waals surface area contributed by atoms with Gasteiger partial charge < -0.3 is 9.40 Å². The number of aromatic nitrogens is 2. The lowest BCUT2D eigenvalue weighted by molar-refractivity contribution is 0.0765. The normalized spacial score (nSPS) is 18.0. The minimum Gasteiger partial charge on any atom is -0.442 e. The van der Waals surface area contributed by atoms with Crippen molar-refractivity contribution in [3.05, 3.63) is 54.4 Å². The van der Waals surface area contributed by atoms with Crippen molar-refractivity contribution < 1.29 is 9.21 Å². The van der Waals surface area contributed by atoms with Crippen LogP contribution in [0.25, 0.3) is 10.9 Å². The summed E-state index contributed by atoms with van der Waals surface area (Å²) in [6, 6.07) is 10.9. The Kier molecular flexibility index (Phi) is 3.94.